The summed E-state index contributed by atoms with van der Waals surface area (Å²) in [6.45, 7) is 4.72. The predicted molar refractivity (Wildman–Crippen MR) is 155 cm³/mol. The second-order valence-corrected chi connectivity index (χ2v) is 11.5. The number of hydrogen-bond donors (Lipinski definition) is 4. The zero-order valence-corrected chi connectivity index (χ0v) is 24.5. The molecule has 0 spiro atoms. The molecule has 1 saturated heterocycles. The fourth-order valence-corrected chi connectivity index (χ4v) is 5.32. The van der Waals surface area contributed by atoms with Crippen molar-refractivity contribution in [2.24, 2.45) is 5.41 Å². The number of likely N-dealkylation sites (tertiary alicyclic amines) is 1. The van der Waals surface area contributed by atoms with Crippen LogP contribution >= 0.6 is 0 Å². The van der Waals surface area contributed by atoms with Gasteiger partial charge in [-0.25, -0.2) is 8.78 Å². The van der Waals surface area contributed by atoms with Crippen LogP contribution in [0.2, 0.25) is 0 Å². The Hall–Kier alpha value is -4.38. The highest BCUT2D eigenvalue weighted by Gasteiger charge is 2.64. The number of benzene rings is 2. The molecule has 0 bridgehead atoms. The molecule has 1 fully saturated rings. The van der Waals surface area contributed by atoms with Crippen LogP contribution in [0.15, 0.2) is 67.0 Å². The van der Waals surface area contributed by atoms with Gasteiger partial charge in [0, 0.05) is 30.1 Å². The SMILES string of the molecule is Cc1cnccc1CNC(=O)[C@@H]1N(C(=O)[C@@H](O)[C@H](Cc2ccccc2)NC(=O)c2cccc(O)c2C)CC(F)(F)C1(C)C. The number of carbonyl (C=O) groups excluding carboxylic acids is 3. The zero-order chi connectivity index (χ0) is 31.5. The van der Waals surface area contributed by atoms with Crippen molar-refractivity contribution in [3.63, 3.8) is 0 Å². The molecule has 1 aliphatic rings. The van der Waals surface area contributed by atoms with E-state index in [0.717, 1.165) is 11.1 Å². The highest BCUT2D eigenvalue weighted by atomic mass is 19.3. The molecule has 4 N–H and O–H groups in total. The van der Waals surface area contributed by atoms with Gasteiger partial charge < -0.3 is 25.7 Å². The van der Waals surface area contributed by atoms with Gasteiger partial charge in [0.15, 0.2) is 6.10 Å². The number of nitrogens with one attached hydrogen (secondary N) is 2. The van der Waals surface area contributed by atoms with E-state index in [1.54, 1.807) is 62.6 Å². The number of hydrogen-bond acceptors (Lipinski definition) is 6. The van der Waals surface area contributed by atoms with E-state index in [-0.39, 0.29) is 24.3 Å². The number of pyridine rings is 1. The molecule has 0 radical (unpaired) electrons. The standard InChI is InChI=1S/C32H36F2N4O5/c1-19-16-35-14-13-22(19)17-36-29(42)27-31(3,4)32(33,34)18-38(27)30(43)26(40)24(15-21-9-6-5-7-10-21)37-28(41)23-11-8-12-25(39)20(23)2/h5-14,16,24,26-27,39-40H,15,17-18H2,1-4H3,(H,36,42)(H,37,41)/t24-,26-,27-/m0/s1. The average Bonchev–Trinajstić information content (AvgIpc) is 3.16. The summed E-state index contributed by atoms with van der Waals surface area (Å²) >= 11 is 0. The Bertz CT molecular complexity index is 1500. The molecule has 4 rings (SSSR count). The van der Waals surface area contributed by atoms with Gasteiger partial charge in [0.1, 0.15) is 11.8 Å². The van der Waals surface area contributed by atoms with Crippen LogP contribution in [0.1, 0.15) is 46.5 Å². The van der Waals surface area contributed by atoms with E-state index in [1.807, 2.05) is 0 Å². The van der Waals surface area contributed by atoms with Crippen molar-refractivity contribution in [1.29, 1.82) is 0 Å². The number of rotatable bonds is 9. The Labute approximate surface area is 248 Å². The van der Waals surface area contributed by atoms with Gasteiger partial charge in [-0.1, -0.05) is 50.2 Å². The molecule has 1 aromatic heterocycles. The van der Waals surface area contributed by atoms with Crippen molar-refractivity contribution in [3.8, 4) is 5.75 Å². The normalized spacial score (nSPS) is 18.5. The molecule has 1 aliphatic heterocycles. The number of aryl methyl sites for hydroxylation is 1. The molecule has 11 heteroatoms. The van der Waals surface area contributed by atoms with E-state index in [2.05, 4.69) is 15.6 Å². The maximum atomic E-state index is 15.3. The lowest BCUT2D eigenvalue weighted by Gasteiger charge is -2.34. The molecule has 0 aliphatic carbocycles. The number of alkyl halides is 2. The van der Waals surface area contributed by atoms with Crippen molar-refractivity contribution in [3.05, 3.63) is 94.8 Å². The molecular formula is C32H36F2N4O5. The fraction of sp³-hybridized carbons (Fsp3) is 0.375. The Morgan fingerprint density at radius 2 is 1.77 bits per heavy atom. The van der Waals surface area contributed by atoms with Crippen molar-refractivity contribution in [2.45, 2.75) is 64.8 Å². The first-order valence-electron chi connectivity index (χ1n) is 13.9. The van der Waals surface area contributed by atoms with Gasteiger partial charge in [-0.15, -0.1) is 0 Å². The van der Waals surface area contributed by atoms with E-state index in [9.17, 15) is 24.6 Å². The van der Waals surface area contributed by atoms with Crippen LogP contribution in [0.3, 0.4) is 0 Å². The number of phenolic OH excluding ortho intramolecular Hbond substituents is 1. The van der Waals surface area contributed by atoms with Gasteiger partial charge in [-0.05, 0) is 55.2 Å². The Kier molecular flexibility index (Phi) is 9.15. The lowest BCUT2D eigenvalue weighted by atomic mass is 9.81. The molecule has 3 amide bonds. The number of amides is 3. The Balaban J connectivity index is 1.62. The number of aliphatic hydroxyl groups is 1. The average molecular weight is 595 g/mol. The van der Waals surface area contributed by atoms with Crippen LogP contribution in [0.4, 0.5) is 8.78 Å². The van der Waals surface area contributed by atoms with E-state index < -0.39 is 53.8 Å². The summed E-state index contributed by atoms with van der Waals surface area (Å²) in [5.74, 6) is -6.14. The van der Waals surface area contributed by atoms with Crippen LogP contribution in [0.25, 0.3) is 0 Å². The van der Waals surface area contributed by atoms with Crippen LogP contribution in [0, 0.1) is 19.3 Å². The van der Waals surface area contributed by atoms with Crippen molar-refractivity contribution < 1.29 is 33.4 Å². The molecule has 9 nitrogen and oxygen atoms in total. The van der Waals surface area contributed by atoms with Crippen LogP contribution in [-0.4, -0.2) is 68.5 Å². The van der Waals surface area contributed by atoms with Gasteiger partial charge in [-0.3, -0.25) is 19.4 Å². The van der Waals surface area contributed by atoms with Gasteiger partial charge in [0.25, 0.3) is 17.7 Å². The summed E-state index contributed by atoms with van der Waals surface area (Å²) in [6, 6.07) is 12.0. The number of carbonyl (C=O) groups is 3. The van der Waals surface area contributed by atoms with Crippen molar-refractivity contribution >= 4 is 17.7 Å². The maximum absolute atomic E-state index is 15.3. The number of aromatic nitrogens is 1. The lowest BCUT2D eigenvalue weighted by molar-refractivity contribution is -0.148. The summed E-state index contributed by atoms with van der Waals surface area (Å²) in [7, 11) is 0. The minimum Gasteiger partial charge on any atom is -0.508 e. The number of halogens is 2. The quantitative estimate of drug-likeness (QED) is 0.301. The first kappa shape index (κ1) is 31.6. The van der Waals surface area contributed by atoms with E-state index >= 15 is 8.78 Å². The van der Waals surface area contributed by atoms with Crippen LogP contribution in [0.5, 0.6) is 5.75 Å². The largest absolute Gasteiger partial charge is 0.508 e. The first-order valence-corrected chi connectivity index (χ1v) is 13.9. The predicted octanol–water partition coefficient (Wildman–Crippen LogP) is 3.29. The van der Waals surface area contributed by atoms with Gasteiger partial charge >= 0.3 is 0 Å². The molecule has 43 heavy (non-hydrogen) atoms. The van der Waals surface area contributed by atoms with Crippen molar-refractivity contribution in [1.82, 2.24) is 20.5 Å². The summed E-state index contributed by atoms with van der Waals surface area (Å²) < 4.78 is 30.7. The van der Waals surface area contributed by atoms with Crippen molar-refractivity contribution in [2.75, 3.05) is 6.54 Å². The van der Waals surface area contributed by atoms with Gasteiger partial charge in [0.2, 0.25) is 5.91 Å². The minimum absolute atomic E-state index is 0.0108. The van der Waals surface area contributed by atoms with Gasteiger partial charge in [0.05, 0.1) is 18.0 Å². The molecule has 3 aromatic rings. The summed E-state index contributed by atoms with van der Waals surface area (Å²) in [4.78, 5) is 45.2. The molecule has 0 unspecified atom stereocenters. The summed E-state index contributed by atoms with van der Waals surface area (Å²) in [6.07, 6.45) is 1.18. The molecule has 3 atom stereocenters. The number of phenols is 1. The monoisotopic (exact) mass is 594 g/mol. The van der Waals surface area contributed by atoms with Crippen LogP contribution in [-0.2, 0) is 22.6 Å². The smallest absolute Gasteiger partial charge is 0.272 e. The third-order valence-electron chi connectivity index (χ3n) is 8.23. The number of nitrogens with zero attached hydrogens (tertiary/aromatic N) is 2. The number of aliphatic hydroxyl groups excluding tert-OH is 1. The first-order chi connectivity index (χ1) is 20.2. The molecule has 2 aromatic carbocycles. The lowest BCUT2D eigenvalue weighted by Crippen LogP contribution is -2.57. The number of aromatic hydroxyl groups is 1. The third-order valence-corrected chi connectivity index (χ3v) is 8.23. The molecule has 0 saturated carbocycles. The Morgan fingerprint density at radius 3 is 2.44 bits per heavy atom. The zero-order valence-electron chi connectivity index (χ0n) is 24.5. The second kappa shape index (κ2) is 12.5. The topological polar surface area (TPSA) is 132 Å². The highest BCUT2D eigenvalue weighted by molar-refractivity contribution is 5.97. The van der Waals surface area contributed by atoms with E-state index in [0.29, 0.717) is 16.0 Å². The molecular weight excluding hydrogens is 558 g/mol. The highest BCUT2D eigenvalue weighted by Crippen LogP contribution is 2.48. The molecule has 2 heterocycles. The van der Waals surface area contributed by atoms with E-state index in [1.165, 1.54) is 32.0 Å². The summed E-state index contributed by atoms with van der Waals surface area (Å²) in [5.41, 5.74) is 0.648. The van der Waals surface area contributed by atoms with Gasteiger partial charge in [-0.2, -0.15) is 0 Å². The minimum atomic E-state index is -3.45. The maximum Gasteiger partial charge on any atom is 0.272 e. The molecule has 228 valence electrons. The second-order valence-electron chi connectivity index (χ2n) is 11.5. The fourth-order valence-electron chi connectivity index (χ4n) is 5.32. The summed E-state index contributed by atoms with van der Waals surface area (Å²) in [5, 5.41) is 26.7. The third kappa shape index (κ3) is 6.51. The van der Waals surface area contributed by atoms with Crippen LogP contribution < -0.4 is 10.6 Å². The Morgan fingerprint density at radius 1 is 1.07 bits per heavy atom. The van der Waals surface area contributed by atoms with E-state index in [4.69, 9.17) is 0 Å².